The molecular weight excluding hydrogens is 260 g/mol. The summed E-state index contributed by atoms with van der Waals surface area (Å²) in [5.41, 5.74) is 2.69. The predicted octanol–water partition coefficient (Wildman–Crippen LogP) is 2.43. The first kappa shape index (κ1) is 17.5. The lowest BCUT2D eigenvalue weighted by Crippen LogP contribution is -2.37. The third-order valence-electron chi connectivity index (χ3n) is 3.51. The Morgan fingerprint density at radius 3 is 2.05 bits per heavy atom. The molecule has 0 radical (unpaired) electrons. The molecule has 0 heterocycles. The van der Waals surface area contributed by atoms with E-state index in [1.165, 1.54) is 11.1 Å². The fourth-order valence-corrected chi connectivity index (χ4v) is 2.23. The lowest BCUT2D eigenvalue weighted by molar-refractivity contribution is 0.306. The van der Waals surface area contributed by atoms with Crippen molar-refractivity contribution in [2.75, 3.05) is 33.7 Å². The lowest BCUT2D eigenvalue weighted by atomic mass is 10.0. The monoisotopic (exact) mass is 290 g/mol. The number of hydrogen-bond acceptors (Lipinski definition) is 2. The molecule has 1 unspecified atom stereocenters. The van der Waals surface area contributed by atoms with Crippen molar-refractivity contribution in [3.8, 4) is 0 Å². The average Bonchev–Trinajstić information content (AvgIpc) is 2.48. The zero-order valence-corrected chi connectivity index (χ0v) is 14.1. The summed E-state index contributed by atoms with van der Waals surface area (Å²) in [5.74, 6) is 0.886. The quantitative estimate of drug-likeness (QED) is 0.598. The van der Waals surface area contributed by atoms with Crippen LogP contribution in [0.1, 0.15) is 37.9 Å². The van der Waals surface area contributed by atoms with Crippen molar-refractivity contribution in [3.05, 3.63) is 35.4 Å². The van der Waals surface area contributed by atoms with Gasteiger partial charge in [-0.2, -0.15) is 0 Å². The standard InChI is InChI=1S/C17H30N4/c1-6-14-9-11-15(12-10-14)16(21(4)5)13-20-17(18-7-2)19-8-3/h9-12,16H,6-8,13H2,1-5H3,(H2,18,19,20). The van der Waals surface area contributed by atoms with Gasteiger partial charge in [-0.25, -0.2) is 0 Å². The van der Waals surface area contributed by atoms with Crippen molar-refractivity contribution in [2.24, 2.45) is 4.99 Å². The van der Waals surface area contributed by atoms with Crippen molar-refractivity contribution in [1.82, 2.24) is 15.5 Å². The summed E-state index contributed by atoms with van der Waals surface area (Å²) in [4.78, 5) is 6.92. The molecule has 0 aliphatic heterocycles. The first-order valence-corrected chi connectivity index (χ1v) is 7.89. The van der Waals surface area contributed by atoms with Gasteiger partial charge in [-0.15, -0.1) is 0 Å². The van der Waals surface area contributed by atoms with Gasteiger partial charge in [0.25, 0.3) is 0 Å². The highest BCUT2D eigenvalue weighted by Crippen LogP contribution is 2.19. The zero-order chi connectivity index (χ0) is 15.7. The Morgan fingerprint density at radius 2 is 1.62 bits per heavy atom. The molecule has 0 aliphatic carbocycles. The van der Waals surface area contributed by atoms with Crippen LogP contribution in [-0.2, 0) is 6.42 Å². The van der Waals surface area contributed by atoms with Gasteiger partial charge in [0.05, 0.1) is 12.6 Å². The van der Waals surface area contributed by atoms with E-state index in [9.17, 15) is 0 Å². The highest BCUT2D eigenvalue weighted by molar-refractivity contribution is 5.79. The second-order valence-corrected chi connectivity index (χ2v) is 5.32. The summed E-state index contributed by atoms with van der Waals surface area (Å²) < 4.78 is 0. The highest BCUT2D eigenvalue weighted by Gasteiger charge is 2.13. The number of aryl methyl sites for hydroxylation is 1. The van der Waals surface area contributed by atoms with Crippen LogP contribution in [-0.4, -0.2) is 44.6 Å². The number of benzene rings is 1. The maximum atomic E-state index is 4.70. The Hall–Kier alpha value is -1.55. The van der Waals surface area contributed by atoms with E-state index < -0.39 is 0 Å². The molecule has 0 aromatic heterocycles. The number of rotatable bonds is 7. The molecule has 1 rings (SSSR count). The Bertz CT molecular complexity index is 415. The van der Waals surface area contributed by atoms with E-state index >= 15 is 0 Å². The third-order valence-corrected chi connectivity index (χ3v) is 3.51. The minimum absolute atomic E-state index is 0.295. The van der Waals surface area contributed by atoms with Crippen LogP contribution in [0.25, 0.3) is 0 Å². The maximum absolute atomic E-state index is 4.70. The fourth-order valence-electron chi connectivity index (χ4n) is 2.23. The van der Waals surface area contributed by atoms with Crippen LogP contribution >= 0.6 is 0 Å². The molecule has 0 amide bonds. The predicted molar refractivity (Wildman–Crippen MR) is 91.9 cm³/mol. The molecule has 0 aliphatic rings. The molecule has 0 saturated carbocycles. The fraction of sp³-hybridized carbons (Fsp3) is 0.588. The molecule has 0 fully saturated rings. The second-order valence-electron chi connectivity index (χ2n) is 5.32. The first-order chi connectivity index (χ1) is 10.1. The van der Waals surface area contributed by atoms with Crippen LogP contribution in [0.2, 0.25) is 0 Å². The topological polar surface area (TPSA) is 39.7 Å². The van der Waals surface area contributed by atoms with E-state index in [0.717, 1.165) is 32.0 Å². The normalized spacial score (nSPS) is 12.1. The SMILES string of the molecule is CCNC(=NCC(c1ccc(CC)cc1)N(C)C)NCC. The minimum Gasteiger partial charge on any atom is -0.357 e. The van der Waals surface area contributed by atoms with Gasteiger partial charge in [0.2, 0.25) is 0 Å². The van der Waals surface area contributed by atoms with Gasteiger partial charge in [0.1, 0.15) is 0 Å². The van der Waals surface area contributed by atoms with Crippen molar-refractivity contribution in [2.45, 2.75) is 33.2 Å². The largest absolute Gasteiger partial charge is 0.357 e. The molecular formula is C17H30N4. The van der Waals surface area contributed by atoms with Crippen LogP contribution in [0.5, 0.6) is 0 Å². The summed E-state index contributed by atoms with van der Waals surface area (Å²) >= 11 is 0. The highest BCUT2D eigenvalue weighted by atomic mass is 15.2. The molecule has 0 saturated heterocycles. The van der Waals surface area contributed by atoms with Gasteiger partial charge >= 0.3 is 0 Å². The van der Waals surface area contributed by atoms with Crippen LogP contribution in [0, 0.1) is 0 Å². The van der Waals surface area contributed by atoms with Gasteiger partial charge in [0.15, 0.2) is 5.96 Å². The number of guanidine groups is 1. The lowest BCUT2D eigenvalue weighted by Gasteiger charge is -2.24. The van der Waals surface area contributed by atoms with Gasteiger partial charge in [-0.05, 0) is 45.5 Å². The molecule has 1 aromatic rings. The van der Waals surface area contributed by atoms with Crippen molar-refractivity contribution >= 4 is 5.96 Å². The van der Waals surface area contributed by atoms with E-state index in [2.05, 4.69) is 74.7 Å². The summed E-state index contributed by atoms with van der Waals surface area (Å²) in [6.07, 6.45) is 1.08. The number of nitrogens with zero attached hydrogens (tertiary/aromatic N) is 2. The molecule has 118 valence electrons. The van der Waals surface area contributed by atoms with Crippen LogP contribution in [0.4, 0.5) is 0 Å². The van der Waals surface area contributed by atoms with Gasteiger partial charge in [-0.1, -0.05) is 31.2 Å². The number of nitrogens with one attached hydrogen (secondary N) is 2. The second kappa shape index (κ2) is 9.40. The van der Waals surface area contributed by atoms with Crippen LogP contribution in [0.15, 0.2) is 29.3 Å². The molecule has 0 bridgehead atoms. The van der Waals surface area contributed by atoms with E-state index in [-0.39, 0.29) is 0 Å². The molecule has 0 spiro atoms. The van der Waals surface area contributed by atoms with Crippen molar-refractivity contribution in [1.29, 1.82) is 0 Å². The van der Waals surface area contributed by atoms with Gasteiger partial charge in [-0.3, -0.25) is 4.99 Å². The molecule has 2 N–H and O–H groups in total. The maximum Gasteiger partial charge on any atom is 0.191 e. The zero-order valence-electron chi connectivity index (χ0n) is 14.1. The number of likely N-dealkylation sites (N-methyl/N-ethyl adjacent to an activating group) is 1. The van der Waals surface area contributed by atoms with Gasteiger partial charge in [0, 0.05) is 13.1 Å². The third kappa shape index (κ3) is 5.76. The smallest absolute Gasteiger partial charge is 0.191 e. The molecule has 1 atom stereocenters. The van der Waals surface area contributed by atoms with Crippen molar-refractivity contribution in [3.63, 3.8) is 0 Å². The summed E-state index contributed by atoms with van der Waals surface area (Å²) in [7, 11) is 4.21. The Balaban J connectivity index is 2.83. The molecule has 1 aromatic carbocycles. The van der Waals surface area contributed by atoms with Crippen LogP contribution < -0.4 is 10.6 Å². The van der Waals surface area contributed by atoms with E-state index in [4.69, 9.17) is 4.99 Å². The average molecular weight is 290 g/mol. The first-order valence-electron chi connectivity index (χ1n) is 7.89. The molecule has 4 heteroatoms. The summed E-state index contributed by atoms with van der Waals surface area (Å²) in [5, 5.41) is 6.54. The van der Waals surface area contributed by atoms with Crippen molar-refractivity contribution < 1.29 is 0 Å². The molecule has 21 heavy (non-hydrogen) atoms. The van der Waals surface area contributed by atoms with E-state index in [1.807, 2.05) is 0 Å². The summed E-state index contributed by atoms with van der Waals surface area (Å²) in [6.45, 7) is 8.85. The van der Waals surface area contributed by atoms with Crippen LogP contribution in [0.3, 0.4) is 0 Å². The Kier molecular flexibility index (Phi) is 7.83. The van der Waals surface area contributed by atoms with Gasteiger partial charge < -0.3 is 15.5 Å². The summed E-state index contributed by atoms with van der Waals surface area (Å²) in [6, 6.07) is 9.16. The minimum atomic E-state index is 0.295. The Morgan fingerprint density at radius 1 is 1.05 bits per heavy atom. The van der Waals surface area contributed by atoms with E-state index in [1.54, 1.807) is 0 Å². The number of hydrogen-bond donors (Lipinski definition) is 2. The number of aliphatic imine (C=N–C) groups is 1. The molecule has 4 nitrogen and oxygen atoms in total. The van der Waals surface area contributed by atoms with E-state index in [0.29, 0.717) is 6.04 Å². The Labute approximate surface area is 129 Å².